The second-order valence-electron chi connectivity index (χ2n) is 15.8. The summed E-state index contributed by atoms with van der Waals surface area (Å²) in [6, 6.07) is 0. The first-order valence-electron chi connectivity index (χ1n) is 14.5. The van der Waals surface area contributed by atoms with E-state index in [1.165, 1.54) is 51.4 Å². The van der Waals surface area contributed by atoms with Crippen molar-refractivity contribution in [1.29, 1.82) is 0 Å². The minimum Gasteiger partial charge on any atom is -0.462 e. The Kier molecular flexibility index (Phi) is 5.40. The average Bonchev–Trinajstić information content (AvgIpc) is 2.73. The molecule has 0 aliphatic heterocycles. The van der Waals surface area contributed by atoms with Crippen LogP contribution in [0.25, 0.3) is 0 Å². The number of esters is 1. The summed E-state index contributed by atoms with van der Waals surface area (Å²) in [5.41, 5.74) is 3.95. The van der Waals surface area contributed by atoms with Crippen molar-refractivity contribution in [2.45, 2.75) is 133 Å². The van der Waals surface area contributed by atoms with Gasteiger partial charge in [0.25, 0.3) is 0 Å². The molecule has 0 radical (unpaired) electrons. The SMILES string of the molecule is CC(=O)O[C@H]1CC[C@]2(C)[C@H]3CC[C@@]4(C)[C@@H]5CC(C)(C)CC[C@]5(C)CC[C@]4(C)C3=CC[C@H]2C1(C)C. The van der Waals surface area contributed by atoms with Gasteiger partial charge in [-0.3, -0.25) is 4.79 Å². The molecule has 0 heterocycles. The van der Waals surface area contributed by atoms with Gasteiger partial charge in [0.2, 0.25) is 0 Å². The van der Waals surface area contributed by atoms with Gasteiger partial charge in [-0.1, -0.05) is 67.0 Å². The van der Waals surface area contributed by atoms with E-state index in [1.54, 1.807) is 6.92 Å². The van der Waals surface area contributed by atoms with E-state index >= 15 is 0 Å². The van der Waals surface area contributed by atoms with Gasteiger partial charge in [0.15, 0.2) is 0 Å². The molecule has 0 aromatic rings. The summed E-state index contributed by atoms with van der Waals surface area (Å²) in [5.74, 6) is 2.01. The zero-order chi connectivity index (χ0) is 24.9. The molecule has 5 rings (SSSR count). The summed E-state index contributed by atoms with van der Waals surface area (Å²) >= 11 is 0. The highest BCUT2D eigenvalue weighted by Gasteiger charge is 2.67. The summed E-state index contributed by atoms with van der Waals surface area (Å²) in [7, 11) is 0. The largest absolute Gasteiger partial charge is 0.462 e. The lowest BCUT2D eigenvalue weighted by molar-refractivity contribution is -0.187. The van der Waals surface area contributed by atoms with E-state index in [1.807, 2.05) is 5.57 Å². The van der Waals surface area contributed by atoms with Gasteiger partial charge in [-0.25, -0.2) is 0 Å². The molecule has 0 aromatic heterocycles. The Morgan fingerprint density at radius 1 is 0.853 bits per heavy atom. The molecule has 5 aliphatic carbocycles. The van der Waals surface area contributed by atoms with Crippen LogP contribution in [-0.2, 0) is 9.53 Å². The van der Waals surface area contributed by atoms with Gasteiger partial charge in [0.05, 0.1) is 0 Å². The van der Waals surface area contributed by atoms with E-state index in [9.17, 15) is 4.79 Å². The monoisotopic (exact) mass is 468 g/mol. The summed E-state index contributed by atoms with van der Waals surface area (Å²) in [6.07, 6.45) is 15.9. The van der Waals surface area contributed by atoms with Crippen LogP contribution in [0.1, 0.15) is 127 Å². The molecule has 0 saturated heterocycles. The van der Waals surface area contributed by atoms with Crippen LogP contribution in [0.3, 0.4) is 0 Å². The predicted octanol–water partition coefficient (Wildman–Crippen LogP) is 8.74. The molecular weight excluding hydrogens is 416 g/mol. The standard InChI is InChI=1S/C32H52O2/c1-21(33)34-26-13-14-30(7)22-12-15-32(9)25-20-27(2,3)16-17-29(25,6)18-19-31(32,8)23(22)10-11-24(30)28(26,4)5/h10,22,24-26H,11-20H2,1-9H3/t22-,24-,25+,26-,29+,30+,31+,32-/m0/s1. The Morgan fingerprint density at radius 3 is 2.21 bits per heavy atom. The maximum atomic E-state index is 11.9. The van der Waals surface area contributed by atoms with Gasteiger partial charge in [0.1, 0.15) is 6.10 Å². The maximum Gasteiger partial charge on any atom is 0.302 e. The molecule has 2 nitrogen and oxygen atoms in total. The zero-order valence-corrected chi connectivity index (χ0v) is 23.8. The van der Waals surface area contributed by atoms with E-state index in [2.05, 4.69) is 61.5 Å². The van der Waals surface area contributed by atoms with Crippen LogP contribution in [-0.4, -0.2) is 12.1 Å². The Labute approximate surface area is 210 Å². The third-order valence-electron chi connectivity index (χ3n) is 13.3. The van der Waals surface area contributed by atoms with Crippen molar-refractivity contribution in [3.8, 4) is 0 Å². The number of allylic oxidation sites excluding steroid dienone is 2. The van der Waals surface area contributed by atoms with E-state index in [0.717, 1.165) is 18.8 Å². The predicted molar refractivity (Wildman–Crippen MR) is 140 cm³/mol. The Balaban J connectivity index is 1.52. The first-order valence-corrected chi connectivity index (χ1v) is 14.5. The van der Waals surface area contributed by atoms with Crippen molar-refractivity contribution < 1.29 is 9.53 Å². The van der Waals surface area contributed by atoms with Crippen LogP contribution >= 0.6 is 0 Å². The van der Waals surface area contributed by atoms with Crippen molar-refractivity contribution >= 4 is 5.97 Å². The number of hydrogen-bond acceptors (Lipinski definition) is 2. The lowest BCUT2D eigenvalue weighted by Crippen LogP contribution is -2.63. The highest BCUT2D eigenvalue weighted by molar-refractivity contribution is 5.66. The number of ether oxygens (including phenoxy) is 1. The minimum absolute atomic E-state index is 0.0287. The van der Waals surface area contributed by atoms with E-state index < -0.39 is 0 Å². The molecule has 192 valence electrons. The summed E-state index contributed by atoms with van der Waals surface area (Å²) in [6.45, 7) is 22.1. The Bertz CT molecular complexity index is 897. The van der Waals surface area contributed by atoms with Crippen LogP contribution in [0.15, 0.2) is 11.6 Å². The molecule has 4 saturated carbocycles. The molecule has 0 amide bonds. The van der Waals surface area contributed by atoms with Gasteiger partial charge in [-0.2, -0.15) is 0 Å². The van der Waals surface area contributed by atoms with Crippen molar-refractivity contribution in [2.75, 3.05) is 0 Å². The second kappa shape index (κ2) is 7.38. The van der Waals surface area contributed by atoms with Crippen LogP contribution in [0.2, 0.25) is 0 Å². The second-order valence-corrected chi connectivity index (χ2v) is 15.8. The highest BCUT2D eigenvalue weighted by atomic mass is 16.5. The van der Waals surface area contributed by atoms with Gasteiger partial charge >= 0.3 is 5.97 Å². The van der Waals surface area contributed by atoms with Crippen LogP contribution in [0.4, 0.5) is 0 Å². The number of hydrogen-bond donors (Lipinski definition) is 0. The van der Waals surface area contributed by atoms with E-state index in [0.29, 0.717) is 38.9 Å². The molecular formula is C32H52O2. The molecule has 0 N–H and O–H groups in total. The zero-order valence-electron chi connectivity index (χ0n) is 23.8. The van der Waals surface area contributed by atoms with Crippen molar-refractivity contribution in [3.05, 3.63) is 11.6 Å². The number of fused-ring (bicyclic) bond motifs is 7. The Hall–Kier alpha value is -0.790. The molecule has 4 fully saturated rings. The van der Waals surface area contributed by atoms with Gasteiger partial charge < -0.3 is 4.74 Å². The van der Waals surface area contributed by atoms with Crippen LogP contribution in [0.5, 0.6) is 0 Å². The van der Waals surface area contributed by atoms with Gasteiger partial charge in [-0.05, 0) is 109 Å². The molecule has 5 aliphatic rings. The molecule has 8 atom stereocenters. The van der Waals surface area contributed by atoms with Crippen LogP contribution in [0, 0.1) is 50.2 Å². The highest BCUT2D eigenvalue weighted by Crippen LogP contribution is 2.75. The minimum atomic E-state index is -0.115. The van der Waals surface area contributed by atoms with Crippen molar-refractivity contribution in [3.63, 3.8) is 0 Å². The fraction of sp³-hybridized carbons (Fsp3) is 0.906. The third-order valence-corrected chi connectivity index (χ3v) is 13.3. The molecule has 34 heavy (non-hydrogen) atoms. The molecule has 0 aromatic carbocycles. The third kappa shape index (κ3) is 3.21. The topological polar surface area (TPSA) is 26.3 Å². The van der Waals surface area contributed by atoms with Crippen molar-refractivity contribution in [2.24, 2.45) is 50.2 Å². The summed E-state index contributed by atoms with van der Waals surface area (Å²) in [4.78, 5) is 11.9. The molecule has 0 unspecified atom stereocenters. The first-order chi connectivity index (χ1) is 15.6. The summed E-state index contributed by atoms with van der Waals surface area (Å²) in [5, 5.41) is 0. The van der Waals surface area contributed by atoms with E-state index in [-0.39, 0.29) is 17.5 Å². The lowest BCUT2D eigenvalue weighted by Gasteiger charge is -2.71. The van der Waals surface area contributed by atoms with E-state index in [4.69, 9.17) is 4.74 Å². The number of carbonyl (C=O) groups is 1. The fourth-order valence-electron chi connectivity index (χ4n) is 10.9. The first kappa shape index (κ1) is 24.9. The normalized spacial score (nSPS) is 51.1. The Morgan fingerprint density at radius 2 is 1.53 bits per heavy atom. The summed E-state index contributed by atoms with van der Waals surface area (Å²) < 4.78 is 5.89. The van der Waals surface area contributed by atoms with Crippen LogP contribution < -0.4 is 0 Å². The molecule has 2 heteroatoms. The number of carbonyl (C=O) groups excluding carboxylic acids is 1. The smallest absolute Gasteiger partial charge is 0.302 e. The average molecular weight is 469 g/mol. The van der Waals surface area contributed by atoms with Crippen molar-refractivity contribution in [1.82, 2.24) is 0 Å². The van der Waals surface area contributed by atoms with Gasteiger partial charge in [0, 0.05) is 12.3 Å². The fourth-order valence-corrected chi connectivity index (χ4v) is 10.9. The maximum absolute atomic E-state index is 11.9. The van der Waals surface area contributed by atoms with Gasteiger partial charge in [-0.15, -0.1) is 0 Å². The lowest BCUT2D eigenvalue weighted by atomic mass is 9.34. The number of rotatable bonds is 1. The quantitative estimate of drug-likeness (QED) is 0.284. The molecule has 0 bridgehead atoms. The molecule has 0 spiro atoms.